The van der Waals surface area contributed by atoms with Gasteiger partial charge in [-0.05, 0) is 42.3 Å². The minimum Gasteiger partial charge on any atom is -0.455 e. The van der Waals surface area contributed by atoms with Gasteiger partial charge in [-0.3, -0.25) is 14.4 Å². The van der Waals surface area contributed by atoms with Gasteiger partial charge >= 0.3 is 5.97 Å². The van der Waals surface area contributed by atoms with E-state index in [1.807, 2.05) is 31.2 Å². The number of carbonyl (C=O) groups excluding carboxylic acids is 3. The summed E-state index contributed by atoms with van der Waals surface area (Å²) in [5.41, 5.74) is 2.50. The van der Waals surface area contributed by atoms with Crippen molar-refractivity contribution in [3.63, 3.8) is 0 Å². The maximum Gasteiger partial charge on any atom is 0.311 e. The minimum atomic E-state index is -0.571. The Morgan fingerprint density at radius 2 is 1.89 bits per heavy atom. The van der Waals surface area contributed by atoms with Crippen LogP contribution in [0.5, 0.6) is 0 Å². The molecule has 1 fully saturated rings. The van der Waals surface area contributed by atoms with Crippen LogP contribution in [0, 0.1) is 5.92 Å². The summed E-state index contributed by atoms with van der Waals surface area (Å²) in [5.74, 6) is -1.64. The number of halogens is 1. The number of amides is 2. The number of carbonyl (C=O) groups is 3. The zero-order valence-corrected chi connectivity index (χ0v) is 17.1. The normalized spacial score (nSPS) is 16.1. The number of hydrogen-bond donors (Lipinski definition) is 1. The molecule has 1 aliphatic heterocycles. The highest BCUT2D eigenvalue weighted by Crippen LogP contribution is 2.29. The van der Waals surface area contributed by atoms with E-state index >= 15 is 0 Å². The molecule has 2 amide bonds. The highest BCUT2D eigenvalue weighted by molar-refractivity contribution is 9.10. The van der Waals surface area contributed by atoms with Gasteiger partial charge in [0.05, 0.1) is 5.92 Å². The Morgan fingerprint density at radius 1 is 1.18 bits per heavy atom. The molecule has 0 aromatic heterocycles. The molecule has 3 rings (SSSR count). The van der Waals surface area contributed by atoms with Crippen molar-refractivity contribution >= 4 is 45.1 Å². The van der Waals surface area contributed by atoms with Crippen LogP contribution in [0.25, 0.3) is 0 Å². The molecule has 1 aliphatic rings. The Morgan fingerprint density at radius 3 is 2.61 bits per heavy atom. The van der Waals surface area contributed by atoms with Gasteiger partial charge < -0.3 is 15.0 Å². The molecule has 0 radical (unpaired) electrons. The van der Waals surface area contributed by atoms with Gasteiger partial charge in [-0.1, -0.05) is 41.1 Å². The Labute approximate surface area is 172 Å². The minimum absolute atomic E-state index is 0.0885. The van der Waals surface area contributed by atoms with Gasteiger partial charge in [0, 0.05) is 28.8 Å². The lowest BCUT2D eigenvalue weighted by Gasteiger charge is -2.19. The first-order valence-electron chi connectivity index (χ1n) is 9.08. The first kappa shape index (κ1) is 20.1. The van der Waals surface area contributed by atoms with E-state index in [1.54, 1.807) is 29.2 Å². The smallest absolute Gasteiger partial charge is 0.311 e. The summed E-state index contributed by atoms with van der Waals surface area (Å²) in [6.45, 7) is 1.91. The van der Waals surface area contributed by atoms with E-state index in [1.165, 1.54) is 0 Å². The molecule has 0 bridgehead atoms. The molecule has 146 valence electrons. The summed E-state index contributed by atoms with van der Waals surface area (Å²) in [6, 6.07) is 14.7. The number of ether oxygens (including phenoxy) is 1. The van der Waals surface area contributed by atoms with E-state index in [2.05, 4.69) is 21.2 Å². The summed E-state index contributed by atoms with van der Waals surface area (Å²) in [5, 5.41) is 2.66. The van der Waals surface area contributed by atoms with E-state index in [9.17, 15) is 14.4 Å². The van der Waals surface area contributed by atoms with Gasteiger partial charge in [0.1, 0.15) is 0 Å². The van der Waals surface area contributed by atoms with Gasteiger partial charge in [0.15, 0.2) is 6.61 Å². The third-order valence-electron chi connectivity index (χ3n) is 4.60. The Bertz CT molecular complexity index is 882. The molecular weight excluding hydrogens is 424 g/mol. The summed E-state index contributed by atoms with van der Waals surface area (Å²) < 4.78 is 6.03. The molecule has 2 aromatic rings. The lowest BCUT2D eigenvalue weighted by atomic mass is 10.1. The molecule has 0 spiro atoms. The monoisotopic (exact) mass is 444 g/mol. The zero-order valence-electron chi connectivity index (χ0n) is 15.5. The molecule has 1 saturated heterocycles. The van der Waals surface area contributed by atoms with Gasteiger partial charge in [-0.15, -0.1) is 0 Å². The van der Waals surface area contributed by atoms with Gasteiger partial charge in [-0.25, -0.2) is 0 Å². The van der Waals surface area contributed by atoms with Crippen LogP contribution >= 0.6 is 15.9 Å². The van der Waals surface area contributed by atoms with E-state index in [0.717, 1.165) is 22.1 Å². The molecule has 0 saturated carbocycles. The summed E-state index contributed by atoms with van der Waals surface area (Å²) in [6.07, 6.45) is 0.885. The topological polar surface area (TPSA) is 75.7 Å². The summed E-state index contributed by atoms with van der Waals surface area (Å²) in [7, 11) is 0. The van der Waals surface area contributed by atoms with Crippen LogP contribution in [0.15, 0.2) is 53.0 Å². The molecule has 0 unspecified atom stereocenters. The molecule has 6 nitrogen and oxygen atoms in total. The largest absolute Gasteiger partial charge is 0.455 e. The number of para-hydroxylation sites is 1. The van der Waals surface area contributed by atoms with Crippen molar-refractivity contribution in [1.29, 1.82) is 0 Å². The molecule has 28 heavy (non-hydrogen) atoms. The number of hydrogen-bond acceptors (Lipinski definition) is 4. The zero-order chi connectivity index (χ0) is 20.1. The number of aryl methyl sites for hydroxylation is 1. The van der Waals surface area contributed by atoms with E-state index in [4.69, 9.17) is 4.74 Å². The second-order valence-corrected chi connectivity index (χ2v) is 7.47. The van der Waals surface area contributed by atoms with Crippen LogP contribution in [0.3, 0.4) is 0 Å². The predicted molar refractivity (Wildman–Crippen MR) is 110 cm³/mol. The van der Waals surface area contributed by atoms with E-state index in [-0.39, 0.29) is 25.5 Å². The average molecular weight is 445 g/mol. The van der Waals surface area contributed by atoms with Crippen LogP contribution in [0.4, 0.5) is 11.4 Å². The van der Waals surface area contributed by atoms with Gasteiger partial charge in [0.2, 0.25) is 5.91 Å². The number of rotatable bonds is 6. The van der Waals surface area contributed by atoms with Crippen LogP contribution in [0.2, 0.25) is 0 Å². The third-order valence-corrected chi connectivity index (χ3v) is 5.12. The van der Waals surface area contributed by atoms with E-state index in [0.29, 0.717) is 5.69 Å². The Hall–Kier alpha value is -2.67. The van der Waals surface area contributed by atoms with Crippen molar-refractivity contribution in [2.45, 2.75) is 19.8 Å². The maximum atomic E-state index is 12.4. The lowest BCUT2D eigenvalue weighted by Crippen LogP contribution is -2.28. The number of nitrogens with zero attached hydrogens (tertiary/aromatic N) is 1. The van der Waals surface area contributed by atoms with Crippen molar-refractivity contribution in [2.24, 2.45) is 5.92 Å². The number of nitrogens with one attached hydrogen (secondary N) is 1. The molecular formula is C21H21BrN2O4. The Balaban J connectivity index is 1.54. The van der Waals surface area contributed by atoms with Crippen LogP contribution in [-0.2, 0) is 25.5 Å². The standard InChI is InChI=1S/C21H21BrN2O4/c1-2-14-5-3-4-6-18(14)24-12-15(11-20(24)26)21(27)28-13-19(25)23-17-9-7-16(22)8-10-17/h3-10,15H,2,11-13H2,1H3,(H,23,25)/t15-/m0/s1. The van der Waals surface area contributed by atoms with Crippen molar-refractivity contribution in [3.8, 4) is 0 Å². The number of anilines is 2. The van der Waals surface area contributed by atoms with Crippen LogP contribution in [-0.4, -0.2) is 30.9 Å². The first-order chi connectivity index (χ1) is 13.5. The molecule has 0 aliphatic carbocycles. The summed E-state index contributed by atoms with van der Waals surface area (Å²) in [4.78, 5) is 38.3. The second-order valence-electron chi connectivity index (χ2n) is 6.55. The SMILES string of the molecule is CCc1ccccc1N1C[C@@H](C(=O)OCC(=O)Nc2ccc(Br)cc2)CC1=O. The second kappa shape index (κ2) is 9.01. The van der Waals surface area contributed by atoms with E-state index < -0.39 is 17.8 Å². The summed E-state index contributed by atoms with van der Waals surface area (Å²) >= 11 is 3.32. The van der Waals surface area contributed by atoms with Crippen molar-refractivity contribution in [3.05, 3.63) is 58.6 Å². The molecule has 2 aromatic carbocycles. The molecule has 1 N–H and O–H groups in total. The fourth-order valence-corrected chi connectivity index (χ4v) is 3.42. The fourth-order valence-electron chi connectivity index (χ4n) is 3.16. The fraction of sp³-hybridized carbons (Fsp3) is 0.286. The van der Waals surface area contributed by atoms with Crippen LogP contribution < -0.4 is 10.2 Å². The quantitative estimate of drug-likeness (QED) is 0.691. The highest BCUT2D eigenvalue weighted by atomic mass is 79.9. The van der Waals surface area contributed by atoms with Crippen LogP contribution in [0.1, 0.15) is 18.9 Å². The molecule has 1 atom stereocenters. The van der Waals surface area contributed by atoms with Gasteiger partial charge in [-0.2, -0.15) is 0 Å². The highest BCUT2D eigenvalue weighted by Gasteiger charge is 2.36. The number of benzene rings is 2. The van der Waals surface area contributed by atoms with Gasteiger partial charge in [0.25, 0.3) is 5.91 Å². The molecule has 7 heteroatoms. The average Bonchev–Trinajstić information content (AvgIpc) is 3.09. The lowest BCUT2D eigenvalue weighted by molar-refractivity contribution is -0.151. The van der Waals surface area contributed by atoms with Crippen molar-refractivity contribution in [1.82, 2.24) is 0 Å². The predicted octanol–water partition coefficient (Wildman–Crippen LogP) is 3.55. The number of esters is 1. The third kappa shape index (κ3) is 4.78. The maximum absolute atomic E-state index is 12.4. The van der Waals surface area contributed by atoms with Crippen molar-refractivity contribution < 1.29 is 19.1 Å². The Kier molecular flexibility index (Phi) is 6.46. The van der Waals surface area contributed by atoms with Crippen molar-refractivity contribution in [2.75, 3.05) is 23.4 Å². The molecule has 1 heterocycles. The first-order valence-corrected chi connectivity index (χ1v) is 9.87.